The molecule has 138 valence electrons. The van der Waals surface area contributed by atoms with E-state index in [2.05, 4.69) is 34.7 Å². The number of halogens is 1. The SMILES string of the molecule is Cc1nnnn1-c1ccc(F)c(NC(=O)/C=C/c2ccc(C(C)C)cc2)c1. The van der Waals surface area contributed by atoms with Crippen LogP contribution in [0.1, 0.15) is 36.7 Å². The molecule has 27 heavy (non-hydrogen) atoms. The number of hydrogen-bond donors (Lipinski definition) is 1. The average Bonchev–Trinajstić information content (AvgIpc) is 3.08. The van der Waals surface area contributed by atoms with Crippen molar-refractivity contribution >= 4 is 17.7 Å². The number of hydrogen-bond acceptors (Lipinski definition) is 4. The maximum absolute atomic E-state index is 14.1. The first kappa shape index (κ1) is 18.4. The van der Waals surface area contributed by atoms with Crippen molar-refractivity contribution in [3.63, 3.8) is 0 Å². The fourth-order valence-corrected chi connectivity index (χ4v) is 2.55. The molecule has 1 amide bonds. The van der Waals surface area contributed by atoms with Gasteiger partial charge in [-0.3, -0.25) is 4.79 Å². The molecule has 3 rings (SSSR count). The Morgan fingerprint density at radius 2 is 1.93 bits per heavy atom. The number of rotatable bonds is 5. The molecule has 3 aromatic rings. The highest BCUT2D eigenvalue weighted by Gasteiger charge is 2.10. The molecule has 0 saturated heterocycles. The monoisotopic (exact) mass is 365 g/mol. The van der Waals surface area contributed by atoms with Crippen molar-refractivity contribution in [1.82, 2.24) is 20.2 Å². The van der Waals surface area contributed by atoms with Gasteiger partial charge in [-0.15, -0.1) is 5.10 Å². The standard InChI is InChI=1S/C20H20FN5O/c1-13(2)16-7-4-15(5-8-16)6-11-20(27)22-19-12-17(9-10-18(19)21)26-14(3)23-24-25-26/h4-13H,1-3H3,(H,22,27)/b11-6+. The fraction of sp³-hybridized carbons (Fsp3) is 0.200. The molecule has 0 aliphatic heterocycles. The number of nitrogens with one attached hydrogen (secondary N) is 1. The molecule has 0 aliphatic rings. The Morgan fingerprint density at radius 1 is 1.19 bits per heavy atom. The Bertz CT molecular complexity index is 976. The molecule has 1 N–H and O–H groups in total. The van der Waals surface area contributed by atoms with E-state index in [4.69, 9.17) is 0 Å². The van der Waals surface area contributed by atoms with E-state index in [9.17, 15) is 9.18 Å². The Hall–Kier alpha value is -3.35. The van der Waals surface area contributed by atoms with E-state index in [1.807, 2.05) is 24.3 Å². The van der Waals surface area contributed by atoms with Gasteiger partial charge >= 0.3 is 0 Å². The number of nitrogens with zero attached hydrogens (tertiary/aromatic N) is 4. The highest BCUT2D eigenvalue weighted by atomic mass is 19.1. The fourth-order valence-electron chi connectivity index (χ4n) is 2.55. The number of carbonyl (C=O) groups excluding carboxylic acids is 1. The molecule has 1 heterocycles. The van der Waals surface area contributed by atoms with Crippen molar-refractivity contribution in [3.05, 3.63) is 71.3 Å². The van der Waals surface area contributed by atoms with Crippen LogP contribution in [0.25, 0.3) is 11.8 Å². The third kappa shape index (κ3) is 4.44. The van der Waals surface area contributed by atoms with Crippen molar-refractivity contribution in [1.29, 1.82) is 0 Å². The maximum atomic E-state index is 14.1. The van der Waals surface area contributed by atoms with Crippen LogP contribution in [0.15, 0.2) is 48.5 Å². The van der Waals surface area contributed by atoms with Crippen LogP contribution in [0.5, 0.6) is 0 Å². The van der Waals surface area contributed by atoms with Crippen molar-refractivity contribution in [3.8, 4) is 5.69 Å². The molecule has 0 unspecified atom stereocenters. The first-order chi connectivity index (χ1) is 12.9. The zero-order valence-electron chi connectivity index (χ0n) is 15.3. The van der Waals surface area contributed by atoms with Crippen LogP contribution in [0.2, 0.25) is 0 Å². The number of aryl methyl sites for hydroxylation is 1. The molecule has 0 radical (unpaired) electrons. The summed E-state index contributed by atoms with van der Waals surface area (Å²) in [6, 6.07) is 12.2. The topological polar surface area (TPSA) is 72.7 Å². The number of anilines is 1. The van der Waals surface area contributed by atoms with Gasteiger partial charge in [0, 0.05) is 6.08 Å². The molecular formula is C20H20FN5O. The molecule has 0 fully saturated rings. The van der Waals surface area contributed by atoms with E-state index in [1.165, 1.54) is 28.5 Å². The minimum Gasteiger partial charge on any atom is -0.320 e. The first-order valence-electron chi connectivity index (χ1n) is 8.58. The lowest BCUT2D eigenvalue weighted by Crippen LogP contribution is -2.10. The Kier molecular flexibility index (Phi) is 5.40. The summed E-state index contributed by atoms with van der Waals surface area (Å²) in [5, 5.41) is 13.7. The van der Waals surface area contributed by atoms with Gasteiger partial charge in [0.15, 0.2) is 5.82 Å². The van der Waals surface area contributed by atoms with Crippen molar-refractivity contribution in [2.45, 2.75) is 26.7 Å². The molecule has 0 bridgehead atoms. The molecular weight excluding hydrogens is 345 g/mol. The average molecular weight is 365 g/mol. The highest BCUT2D eigenvalue weighted by molar-refractivity contribution is 6.02. The first-order valence-corrected chi connectivity index (χ1v) is 8.58. The lowest BCUT2D eigenvalue weighted by molar-refractivity contribution is -0.111. The summed E-state index contributed by atoms with van der Waals surface area (Å²) >= 11 is 0. The zero-order chi connectivity index (χ0) is 19.4. The van der Waals surface area contributed by atoms with E-state index in [-0.39, 0.29) is 5.69 Å². The molecule has 1 aromatic heterocycles. The predicted molar refractivity (Wildman–Crippen MR) is 102 cm³/mol. The second-order valence-corrected chi connectivity index (χ2v) is 6.45. The Labute approximate surface area is 156 Å². The van der Waals surface area contributed by atoms with Gasteiger partial charge in [0.2, 0.25) is 5.91 Å². The summed E-state index contributed by atoms with van der Waals surface area (Å²) in [6.45, 7) is 5.98. The summed E-state index contributed by atoms with van der Waals surface area (Å²) in [7, 11) is 0. The van der Waals surface area contributed by atoms with Gasteiger partial charge in [-0.1, -0.05) is 38.1 Å². The second kappa shape index (κ2) is 7.90. The van der Waals surface area contributed by atoms with Crippen LogP contribution in [-0.2, 0) is 4.79 Å². The highest BCUT2D eigenvalue weighted by Crippen LogP contribution is 2.19. The smallest absolute Gasteiger partial charge is 0.248 e. The molecule has 6 nitrogen and oxygen atoms in total. The van der Waals surface area contributed by atoms with Crippen LogP contribution >= 0.6 is 0 Å². The summed E-state index contributed by atoms with van der Waals surface area (Å²) in [5.74, 6) is 0.0500. The van der Waals surface area contributed by atoms with E-state index in [0.29, 0.717) is 17.4 Å². The Balaban J connectivity index is 1.73. The number of amides is 1. The van der Waals surface area contributed by atoms with Crippen molar-refractivity contribution in [2.75, 3.05) is 5.32 Å². The largest absolute Gasteiger partial charge is 0.320 e. The molecule has 0 saturated carbocycles. The van der Waals surface area contributed by atoms with Gasteiger partial charge in [0.25, 0.3) is 0 Å². The number of tetrazole rings is 1. The minimum absolute atomic E-state index is 0.0622. The third-order valence-corrected chi connectivity index (χ3v) is 4.11. The lowest BCUT2D eigenvalue weighted by atomic mass is 10.0. The van der Waals surface area contributed by atoms with Crippen LogP contribution < -0.4 is 5.32 Å². The molecule has 0 aliphatic carbocycles. The van der Waals surface area contributed by atoms with Crippen molar-refractivity contribution in [2.24, 2.45) is 0 Å². The minimum atomic E-state index is -0.535. The van der Waals surface area contributed by atoms with E-state index < -0.39 is 11.7 Å². The lowest BCUT2D eigenvalue weighted by Gasteiger charge is -2.08. The maximum Gasteiger partial charge on any atom is 0.248 e. The van der Waals surface area contributed by atoms with Gasteiger partial charge in [-0.25, -0.2) is 4.39 Å². The van der Waals surface area contributed by atoms with E-state index in [1.54, 1.807) is 19.1 Å². The van der Waals surface area contributed by atoms with Crippen LogP contribution in [0.3, 0.4) is 0 Å². The third-order valence-electron chi connectivity index (χ3n) is 4.11. The molecule has 0 spiro atoms. The molecule has 7 heteroatoms. The predicted octanol–water partition coefficient (Wildman–Crippen LogP) is 3.89. The van der Waals surface area contributed by atoms with Crippen LogP contribution in [0.4, 0.5) is 10.1 Å². The summed E-state index contributed by atoms with van der Waals surface area (Å²) in [5.41, 5.74) is 2.75. The quantitative estimate of drug-likeness (QED) is 0.696. The van der Waals surface area contributed by atoms with E-state index >= 15 is 0 Å². The molecule has 2 aromatic carbocycles. The number of carbonyl (C=O) groups is 1. The summed E-state index contributed by atoms with van der Waals surface area (Å²) in [6.07, 6.45) is 3.06. The molecule has 0 atom stereocenters. The van der Waals surface area contributed by atoms with Gasteiger partial charge in [0.05, 0.1) is 11.4 Å². The summed E-state index contributed by atoms with van der Waals surface area (Å²) < 4.78 is 15.5. The summed E-state index contributed by atoms with van der Waals surface area (Å²) in [4.78, 5) is 12.2. The van der Waals surface area contributed by atoms with Crippen LogP contribution in [0, 0.1) is 12.7 Å². The van der Waals surface area contributed by atoms with Gasteiger partial charge < -0.3 is 5.32 Å². The van der Waals surface area contributed by atoms with Gasteiger partial charge in [0.1, 0.15) is 5.82 Å². The van der Waals surface area contributed by atoms with Gasteiger partial charge in [-0.2, -0.15) is 4.68 Å². The zero-order valence-corrected chi connectivity index (χ0v) is 15.3. The normalized spacial score (nSPS) is 11.3. The second-order valence-electron chi connectivity index (χ2n) is 6.45. The number of benzene rings is 2. The van der Waals surface area contributed by atoms with Crippen LogP contribution in [-0.4, -0.2) is 26.1 Å². The Morgan fingerprint density at radius 3 is 2.56 bits per heavy atom. The van der Waals surface area contributed by atoms with Gasteiger partial charge in [-0.05, 0) is 58.7 Å². The van der Waals surface area contributed by atoms with Crippen molar-refractivity contribution < 1.29 is 9.18 Å². The number of aromatic nitrogens is 4. The van der Waals surface area contributed by atoms with E-state index in [0.717, 1.165) is 5.56 Å².